The molecule has 1 heterocycles. The number of aromatic nitrogens is 2. The lowest BCUT2D eigenvalue weighted by Crippen LogP contribution is -2.16. The molecule has 0 aliphatic carbocycles. The summed E-state index contributed by atoms with van der Waals surface area (Å²) in [7, 11) is 0. The molecule has 0 fully saturated rings. The Morgan fingerprint density at radius 1 is 1.47 bits per heavy atom. The number of nitrogens with zero attached hydrogens (tertiary/aromatic N) is 2. The van der Waals surface area contributed by atoms with Gasteiger partial charge in [-0.05, 0) is 19.1 Å². The molecular weight excluding hydrogens is 292 g/mol. The third-order valence-corrected chi connectivity index (χ3v) is 2.54. The number of nitrogens with one attached hydrogen (secondary N) is 1. The van der Waals surface area contributed by atoms with E-state index in [4.69, 9.17) is 11.6 Å². The van der Waals surface area contributed by atoms with Crippen molar-refractivity contribution in [1.82, 2.24) is 9.78 Å². The topological polar surface area (TPSA) is 46.9 Å². The first-order chi connectivity index (χ1) is 8.61. The zero-order valence-corrected chi connectivity index (χ0v) is 11.6. The molecule has 102 valence electrons. The lowest BCUT2D eigenvalue weighted by Gasteiger charge is -2.08. The van der Waals surface area contributed by atoms with Gasteiger partial charge in [-0.3, -0.25) is 4.79 Å². The van der Waals surface area contributed by atoms with E-state index in [-0.39, 0.29) is 29.9 Å². The summed E-state index contributed by atoms with van der Waals surface area (Å²) >= 11 is 5.42. The second-order valence-corrected chi connectivity index (χ2v) is 3.98. The van der Waals surface area contributed by atoms with E-state index in [1.54, 1.807) is 31.2 Å². The van der Waals surface area contributed by atoms with Crippen LogP contribution in [-0.4, -0.2) is 21.6 Å². The van der Waals surface area contributed by atoms with Crippen LogP contribution >= 0.6 is 24.0 Å². The molecule has 1 aromatic heterocycles. The predicted octanol–water partition coefficient (Wildman–Crippen LogP) is 2.92. The molecule has 0 radical (unpaired) electrons. The van der Waals surface area contributed by atoms with Crippen LogP contribution in [0, 0.1) is 12.7 Å². The summed E-state index contributed by atoms with van der Waals surface area (Å²) in [6.45, 7) is 1.76. The highest BCUT2D eigenvalue weighted by Gasteiger charge is 2.12. The third-order valence-electron chi connectivity index (χ3n) is 2.30. The second-order valence-electron chi connectivity index (χ2n) is 3.72. The smallest absolute Gasteiger partial charge is 0.240 e. The van der Waals surface area contributed by atoms with Crippen molar-refractivity contribution in [3.05, 3.63) is 41.8 Å². The lowest BCUT2D eigenvalue weighted by molar-refractivity contribution is -0.114. The molecule has 1 aromatic carbocycles. The number of amides is 1. The minimum absolute atomic E-state index is 0. The first kappa shape index (κ1) is 15.5. The van der Waals surface area contributed by atoms with Gasteiger partial charge in [-0.25, -0.2) is 9.07 Å². The summed E-state index contributed by atoms with van der Waals surface area (Å²) in [6.07, 6.45) is 0. The number of alkyl halides is 1. The molecule has 0 saturated carbocycles. The normalized spacial score (nSPS) is 9.84. The molecule has 0 unspecified atom stereocenters. The monoisotopic (exact) mass is 303 g/mol. The van der Waals surface area contributed by atoms with E-state index in [9.17, 15) is 9.18 Å². The fourth-order valence-electron chi connectivity index (χ4n) is 1.57. The van der Waals surface area contributed by atoms with Crippen LogP contribution in [0.4, 0.5) is 10.2 Å². The van der Waals surface area contributed by atoms with Crippen LogP contribution in [0.3, 0.4) is 0 Å². The maximum absolute atomic E-state index is 13.7. The molecule has 0 aliphatic rings. The Labute approximate surface area is 121 Å². The number of anilines is 1. The van der Waals surface area contributed by atoms with Crippen LogP contribution in [0.15, 0.2) is 30.3 Å². The van der Waals surface area contributed by atoms with Gasteiger partial charge in [0.2, 0.25) is 5.91 Å². The van der Waals surface area contributed by atoms with Crippen LogP contribution in [0.25, 0.3) is 5.69 Å². The largest absolute Gasteiger partial charge is 0.310 e. The van der Waals surface area contributed by atoms with Gasteiger partial charge in [0.05, 0.1) is 5.69 Å². The average Bonchev–Trinajstić information content (AvgIpc) is 2.70. The van der Waals surface area contributed by atoms with Gasteiger partial charge in [0.25, 0.3) is 0 Å². The molecule has 0 saturated heterocycles. The zero-order chi connectivity index (χ0) is 13.1. The summed E-state index contributed by atoms with van der Waals surface area (Å²) in [5.74, 6) is -0.555. The van der Waals surface area contributed by atoms with Gasteiger partial charge >= 0.3 is 0 Å². The Kier molecular flexibility index (Phi) is 5.32. The molecule has 2 rings (SSSR count). The van der Waals surface area contributed by atoms with Gasteiger partial charge in [0.15, 0.2) is 0 Å². The summed E-state index contributed by atoms with van der Waals surface area (Å²) in [5, 5.41) is 6.72. The quantitative estimate of drug-likeness (QED) is 0.886. The third kappa shape index (κ3) is 3.45. The van der Waals surface area contributed by atoms with Gasteiger partial charge in [0, 0.05) is 6.07 Å². The zero-order valence-electron chi connectivity index (χ0n) is 10.1. The Morgan fingerprint density at radius 2 is 2.16 bits per heavy atom. The van der Waals surface area contributed by atoms with Crippen molar-refractivity contribution in [2.75, 3.05) is 11.2 Å². The molecule has 7 heteroatoms. The molecule has 19 heavy (non-hydrogen) atoms. The number of hydrogen-bond acceptors (Lipinski definition) is 2. The maximum atomic E-state index is 13.7. The molecule has 0 aliphatic heterocycles. The fraction of sp³-hybridized carbons (Fsp3) is 0.167. The summed E-state index contributed by atoms with van der Waals surface area (Å²) in [5.41, 5.74) is 0.943. The first-order valence-electron chi connectivity index (χ1n) is 5.29. The molecule has 1 amide bonds. The van der Waals surface area contributed by atoms with E-state index in [0.29, 0.717) is 11.5 Å². The van der Waals surface area contributed by atoms with E-state index in [1.807, 2.05) is 0 Å². The summed E-state index contributed by atoms with van der Waals surface area (Å²) in [4.78, 5) is 11.3. The molecule has 2 aromatic rings. The average molecular weight is 304 g/mol. The molecular formula is C12H12Cl2FN3O. The van der Waals surface area contributed by atoms with Gasteiger partial charge < -0.3 is 5.32 Å². The molecule has 4 nitrogen and oxygen atoms in total. The fourth-order valence-corrected chi connectivity index (χ4v) is 1.64. The number of aryl methyl sites for hydroxylation is 1. The van der Waals surface area contributed by atoms with E-state index in [1.165, 1.54) is 10.7 Å². The number of carbonyl (C=O) groups is 1. The highest BCUT2D eigenvalue weighted by molar-refractivity contribution is 6.29. The van der Waals surface area contributed by atoms with Crippen LogP contribution in [0.2, 0.25) is 0 Å². The maximum Gasteiger partial charge on any atom is 0.240 e. The number of benzene rings is 1. The number of hydrogen-bond donors (Lipinski definition) is 1. The van der Waals surface area contributed by atoms with Gasteiger partial charge in [-0.1, -0.05) is 12.1 Å². The van der Waals surface area contributed by atoms with Crippen molar-refractivity contribution < 1.29 is 9.18 Å². The number of halogens is 3. The molecule has 0 bridgehead atoms. The second kappa shape index (κ2) is 6.54. The van der Waals surface area contributed by atoms with Crippen molar-refractivity contribution in [1.29, 1.82) is 0 Å². The van der Waals surface area contributed by atoms with Crippen LogP contribution in [0.5, 0.6) is 0 Å². The molecule has 0 spiro atoms. The summed E-state index contributed by atoms with van der Waals surface area (Å²) in [6, 6.07) is 7.85. The highest BCUT2D eigenvalue weighted by Crippen LogP contribution is 2.19. The van der Waals surface area contributed by atoms with E-state index in [0.717, 1.165) is 0 Å². The van der Waals surface area contributed by atoms with E-state index < -0.39 is 5.82 Å². The van der Waals surface area contributed by atoms with Crippen LogP contribution in [-0.2, 0) is 4.79 Å². The van der Waals surface area contributed by atoms with Crippen molar-refractivity contribution in [3.63, 3.8) is 0 Å². The summed E-state index contributed by atoms with van der Waals surface area (Å²) < 4.78 is 15.0. The minimum atomic E-state index is -0.415. The SMILES string of the molecule is Cc1cc(NC(=O)CCl)n(-c2ccccc2F)n1.Cl. The van der Waals surface area contributed by atoms with E-state index in [2.05, 4.69) is 10.4 Å². The number of para-hydroxylation sites is 1. The van der Waals surface area contributed by atoms with Gasteiger partial charge in [0.1, 0.15) is 23.2 Å². The van der Waals surface area contributed by atoms with Crippen LogP contribution < -0.4 is 5.32 Å². The van der Waals surface area contributed by atoms with E-state index >= 15 is 0 Å². The highest BCUT2D eigenvalue weighted by atomic mass is 35.5. The standard InChI is InChI=1S/C12H11ClFN3O.ClH/c1-8-6-11(15-12(18)7-13)17(16-8)10-5-3-2-4-9(10)14;/h2-6H,7H2,1H3,(H,15,18);1H. The first-order valence-corrected chi connectivity index (χ1v) is 5.82. The molecule has 0 atom stereocenters. The predicted molar refractivity (Wildman–Crippen MR) is 74.9 cm³/mol. The number of carbonyl (C=O) groups excluding carboxylic acids is 1. The minimum Gasteiger partial charge on any atom is -0.310 e. The Bertz CT molecular complexity index is 586. The van der Waals surface area contributed by atoms with Crippen molar-refractivity contribution in [2.45, 2.75) is 6.92 Å². The number of rotatable bonds is 3. The van der Waals surface area contributed by atoms with Crippen molar-refractivity contribution in [3.8, 4) is 5.69 Å². The van der Waals surface area contributed by atoms with Gasteiger partial charge in [-0.15, -0.1) is 24.0 Å². The Balaban J connectivity index is 0.00000180. The molecule has 1 N–H and O–H groups in total. The van der Waals surface area contributed by atoms with Crippen molar-refractivity contribution in [2.24, 2.45) is 0 Å². The van der Waals surface area contributed by atoms with Crippen LogP contribution in [0.1, 0.15) is 5.69 Å². The van der Waals surface area contributed by atoms with Gasteiger partial charge in [-0.2, -0.15) is 5.10 Å². The lowest BCUT2D eigenvalue weighted by atomic mass is 10.3. The Morgan fingerprint density at radius 3 is 2.79 bits per heavy atom. The Hall–Kier alpha value is -1.59. The van der Waals surface area contributed by atoms with Crippen molar-refractivity contribution >= 4 is 35.7 Å².